The van der Waals surface area contributed by atoms with E-state index in [-0.39, 0.29) is 61.1 Å². The Morgan fingerprint density at radius 3 is 2.48 bits per heavy atom. The lowest BCUT2D eigenvalue weighted by molar-refractivity contribution is -0.184. The maximum atomic E-state index is 13.5. The zero-order valence-corrected chi connectivity index (χ0v) is 28.0. The summed E-state index contributed by atoms with van der Waals surface area (Å²) in [5.74, 6) is -3.25. The molecule has 256 valence electrons. The number of aliphatic hydroxyl groups is 2. The molecule has 3 fully saturated rings. The predicted octanol–water partition coefficient (Wildman–Crippen LogP) is 1.94. The molecule has 0 spiro atoms. The minimum atomic E-state index is -1.78. The highest BCUT2D eigenvalue weighted by atomic mass is 32.2. The van der Waals surface area contributed by atoms with Crippen LogP contribution in [0.15, 0.2) is 11.6 Å². The van der Waals surface area contributed by atoms with Crippen molar-refractivity contribution in [1.82, 2.24) is 10.6 Å². The summed E-state index contributed by atoms with van der Waals surface area (Å²) >= 11 is 1.44. The van der Waals surface area contributed by atoms with Crippen LogP contribution >= 0.6 is 11.8 Å². The molecule has 46 heavy (non-hydrogen) atoms. The first-order valence-corrected chi connectivity index (χ1v) is 17.6. The Morgan fingerprint density at radius 2 is 1.80 bits per heavy atom. The van der Waals surface area contributed by atoms with Crippen molar-refractivity contribution in [2.75, 3.05) is 18.6 Å². The van der Waals surface area contributed by atoms with Gasteiger partial charge in [0.2, 0.25) is 17.6 Å². The van der Waals surface area contributed by atoms with Gasteiger partial charge in [-0.25, -0.2) is 4.79 Å². The summed E-state index contributed by atoms with van der Waals surface area (Å²) in [6, 6.07) is -2.12. The molecule has 0 saturated heterocycles. The molecule has 3 saturated carbocycles. The van der Waals surface area contributed by atoms with E-state index >= 15 is 0 Å². The Labute approximate surface area is 273 Å². The highest BCUT2D eigenvalue weighted by Gasteiger charge is 2.68. The summed E-state index contributed by atoms with van der Waals surface area (Å²) in [5, 5.41) is 37.5. The van der Waals surface area contributed by atoms with Crippen molar-refractivity contribution < 1.29 is 48.8 Å². The van der Waals surface area contributed by atoms with Crippen LogP contribution in [0.5, 0.6) is 0 Å². The number of fused-ring (bicyclic) bond motifs is 5. The number of amides is 2. The SMILES string of the molecule is CSCC[C@@H](NC(=O)[C@H](C)NC(=O)CCC(=O)OCC(=O)[C@@]1(O)CC[C@H]2[C@@H]3CCC4=CC(=O)CC[C@]4(C)[C@H]3[C@@H](O)C[C@@]21C)C(=O)O. The third kappa shape index (κ3) is 6.92. The normalized spacial score (nSPS) is 34.6. The van der Waals surface area contributed by atoms with Crippen molar-refractivity contribution in [1.29, 1.82) is 0 Å². The number of carbonyl (C=O) groups excluding carboxylic acids is 5. The van der Waals surface area contributed by atoms with Crippen LogP contribution < -0.4 is 10.6 Å². The third-order valence-corrected chi connectivity index (χ3v) is 12.1. The number of thioether (sulfide) groups is 1. The third-order valence-electron chi connectivity index (χ3n) is 11.4. The number of allylic oxidation sites excluding steroid dienone is 1. The standard InChI is InChI=1S/C33H48N2O10S/c1-18(29(41)35-23(30(42)43)11-14-46-4)34-26(39)7-8-27(40)45-17-25(38)33(44)13-10-22-21-6-5-19-15-20(36)9-12-31(19,2)28(21)24(37)16-32(22,33)3/h15,18,21-24,28,37,44H,5-14,16-17H2,1-4H3,(H,34,39)(H,35,41)(H,42,43)/t18-,21-,22-,23+,24-,28+,31-,32-,33-/m0/s1. The first-order valence-electron chi connectivity index (χ1n) is 16.2. The van der Waals surface area contributed by atoms with Crippen molar-refractivity contribution in [3.63, 3.8) is 0 Å². The number of aliphatic hydroxyl groups excluding tert-OH is 1. The highest BCUT2D eigenvalue weighted by molar-refractivity contribution is 7.98. The minimum Gasteiger partial charge on any atom is -0.480 e. The molecular formula is C33H48N2O10S. The van der Waals surface area contributed by atoms with Crippen LogP contribution in [0.25, 0.3) is 0 Å². The molecule has 4 aliphatic rings. The average molecular weight is 665 g/mol. The Hall–Kier alpha value is -2.77. The molecule has 0 aromatic rings. The van der Waals surface area contributed by atoms with Crippen molar-refractivity contribution >= 4 is 47.1 Å². The average Bonchev–Trinajstić information content (AvgIpc) is 3.27. The van der Waals surface area contributed by atoms with Gasteiger partial charge in [-0.3, -0.25) is 24.0 Å². The van der Waals surface area contributed by atoms with E-state index in [9.17, 15) is 44.1 Å². The maximum Gasteiger partial charge on any atom is 0.326 e. The van der Waals surface area contributed by atoms with E-state index in [4.69, 9.17) is 4.74 Å². The number of carbonyl (C=O) groups is 6. The van der Waals surface area contributed by atoms with Crippen LogP contribution in [0, 0.1) is 28.6 Å². The van der Waals surface area contributed by atoms with Gasteiger partial charge in [-0.05, 0) is 93.1 Å². The second kappa shape index (κ2) is 14.1. The quantitative estimate of drug-likeness (QED) is 0.181. The predicted molar refractivity (Wildman–Crippen MR) is 168 cm³/mol. The Kier molecular flexibility index (Phi) is 11.1. The molecule has 0 aromatic heterocycles. The second-order valence-electron chi connectivity index (χ2n) is 14.0. The van der Waals surface area contributed by atoms with Gasteiger partial charge in [-0.1, -0.05) is 19.4 Å². The molecule has 0 radical (unpaired) electrons. The van der Waals surface area contributed by atoms with Crippen LogP contribution in [-0.4, -0.2) is 93.0 Å². The topological polar surface area (TPSA) is 196 Å². The Bertz CT molecular complexity index is 1290. The highest BCUT2D eigenvalue weighted by Crippen LogP contribution is 2.67. The van der Waals surface area contributed by atoms with Gasteiger partial charge in [0.15, 0.2) is 12.4 Å². The van der Waals surface area contributed by atoms with Crippen LogP contribution in [-0.2, 0) is 33.5 Å². The first-order chi connectivity index (χ1) is 21.6. The zero-order valence-electron chi connectivity index (χ0n) is 27.1. The van der Waals surface area contributed by atoms with E-state index in [0.29, 0.717) is 25.0 Å². The molecule has 9 atom stereocenters. The number of Topliss-reactive ketones (excluding diaryl/α,β-unsaturated/α-hetero) is 1. The lowest BCUT2D eigenvalue weighted by atomic mass is 9.45. The molecule has 4 rings (SSSR count). The van der Waals surface area contributed by atoms with Crippen molar-refractivity contribution in [2.24, 2.45) is 28.6 Å². The minimum absolute atomic E-state index is 0.0132. The van der Waals surface area contributed by atoms with Gasteiger partial charge in [0, 0.05) is 18.3 Å². The van der Waals surface area contributed by atoms with E-state index < -0.39 is 65.3 Å². The first kappa shape index (κ1) is 36.1. The number of ether oxygens (including phenoxy) is 1. The zero-order chi connectivity index (χ0) is 34.0. The summed E-state index contributed by atoms with van der Waals surface area (Å²) in [4.78, 5) is 74.1. The van der Waals surface area contributed by atoms with Gasteiger partial charge in [-0.2, -0.15) is 11.8 Å². The number of ketones is 2. The number of carboxylic acids is 1. The van der Waals surface area contributed by atoms with E-state index in [1.807, 2.05) is 13.2 Å². The molecule has 13 heteroatoms. The summed E-state index contributed by atoms with van der Waals surface area (Å²) in [6.07, 6.45) is 6.05. The molecule has 0 bridgehead atoms. The van der Waals surface area contributed by atoms with Gasteiger partial charge in [0.1, 0.15) is 17.7 Å². The lowest BCUT2D eigenvalue weighted by Gasteiger charge is -2.60. The number of nitrogens with one attached hydrogen (secondary N) is 2. The Morgan fingerprint density at radius 1 is 1.09 bits per heavy atom. The molecule has 2 amide bonds. The smallest absolute Gasteiger partial charge is 0.326 e. The monoisotopic (exact) mass is 664 g/mol. The number of esters is 1. The fourth-order valence-electron chi connectivity index (χ4n) is 8.87. The summed E-state index contributed by atoms with van der Waals surface area (Å²) in [6.45, 7) is 4.72. The van der Waals surface area contributed by atoms with E-state index in [2.05, 4.69) is 17.6 Å². The van der Waals surface area contributed by atoms with Gasteiger partial charge >= 0.3 is 11.9 Å². The number of rotatable bonds is 13. The fraction of sp³-hybridized carbons (Fsp3) is 0.758. The summed E-state index contributed by atoms with van der Waals surface area (Å²) in [5.41, 5.74) is -1.89. The number of hydrogen-bond acceptors (Lipinski definition) is 10. The van der Waals surface area contributed by atoms with Gasteiger partial charge in [0.05, 0.1) is 12.5 Å². The van der Waals surface area contributed by atoms with Crippen molar-refractivity contribution in [3.8, 4) is 0 Å². The number of aliphatic carboxylic acids is 1. The van der Waals surface area contributed by atoms with Gasteiger partial charge in [0.25, 0.3) is 0 Å². The molecular weight excluding hydrogens is 616 g/mol. The van der Waals surface area contributed by atoms with Crippen LogP contribution in [0.2, 0.25) is 0 Å². The largest absolute Gasteiger partial charge is 0.480 e. The van der Waals surface area contributed by atoms with Crippen LogP contribution in [0.3, 0.4) is 0 Å². The Balaban J connectivity index is 1.28. The number of hydrogen-bond donors (Lipinski definition) is 5. The van der Waals surface area contributed by atoms with E-state index in [1.165, 1.54) is 18.7 Å². The molecule has 4 aliphatic carbocycles. The molecule has 12 nitrogen and oxygen atoms in total. The van der Waals surface area contributed by atoms with Gasteiger partial charge in [-0.15, -0.1) is 0 Å². The van der Waals surface area contributed by atoms with E-state index in [1.54, 1.807) is 6.08 Å². The van der Waals surface area contributed by atoms with Crippen molar-refractivity contribution in [2.45, 2.75) is 109 Å². The van der Waals surface area contributed by atoms with Crippen LogP contribution in [0.4, 0.5) is 0 Å². The molecule has 0 aromatic carbocycles. The van der Waals surface area contributed by atoms with E-state index in [0.717, 1.165) is 18.4 Å². The molecule has 0 unspecified atom stereocenters. The van der Waals surface area contributed by atoms with Gasteiger partial charge < -0.3 is 30.7 Å². The fourth-order valence-corrected chi connectivity index (χ4v) is 9.34. The molecule has 0 heterocycles. The lowest BCUT2D eigenvalue weighted by Crippen LogP contribution is -2.62. The maximum absolute atomic E-state index is 13.5. The molecule has 5 N–H and O–H groups in total. The molecule has 0 aliphatic heterocycles. The summed E-state index contributed by atoms with van der Waals surface area (Å²) in [7, 11) is 0. The van der Waals surface area contributed by atoms with Crippen LogP contribution in [0.1, 0.15) is 85.0 Å². The number of carboxylic acid groups (broad SMARTS) is 1. The summed E-state index contributed by atoms with van der Waals surface area (Å²) < 4.78 is 5.18. The second-order valence-corrected chi connectivity index (χ2v) is 15.0. The van der Waals surface area contributed by atoms with Crippen molar-refractivity contribution in [3.05, 3.63) is 11.6 Å².